The molecule has 1 rings (SSSR count). The Morgan fingerprint density at radius 3 is 2.00 bits per heavy atom. The van der Waals surface area contributed by atoms with E-state index in [0.717, 1.165) is 0 Å². The van der Waals surface area contributed by atoms with Gasteiger partial charge < -0.3 is 4.74 Å². The maximum Gasteiger partial charge on any atom is 0.357 e. The van der Waals surface area contributed by atoms with Crippen molar-refractivity contribution in [3.8, 4) is 0 Å². The Kier molecular flexibility index (Phi) is 0.762. The zero-order valence-electron chi connectivity index (χ0n) is 4.50. The molecule has 5 heteroatoms. The van der Waals surface area contributed by atoms with E-state index in [1.165, 1.54) is 0 Å². The van der Waals surface area contributed by atoms with Crippen LogP contribution in [0.1, 0.15) is 1.37 Å². The summed E-state index contributed by atoms with van der Waals surface area (Å²) in [7, 11) is 0. The summed E-state index contributed by atoms with van der Waals surface area (Å²) >= 11 is 0. The number of hydrogen-bond acceptors (Lipinski definition) is 1. The smallest absolute Gasteiger partial charge is 0.303 e. The molecule has 1 fully saturated rings. The number of halogens is 4. The second kappa shape index (κ2) is 1.34. The summed E-state index contributed by atoms with van der Waals surface area (Å²) in [5.41, 5.74) is 0. The molecule has 1 nitrogen and oxygen atoms in total. The molecule has 2 unspecified atom stereocenters. The lowest BCUT2D eigenvalue weighted by atomic mass is 10.2. The minimum atomic E-state index is -4.31. The first-order chi connectivity index (χ1) is 3.88. The molecule has 2 atom stereocenters. The van der Waals surface area contributed by atoms with Crippen LogP contribution in [0.4, 0.5) is 17.6 Å². The van der Waals surface area contributed by atoms with Crippen LogP contribution in [0.2, 0.25) is 0 Å². The number of hydrogen-bond donors (Lipinski definition) is 0. The lowest BCUT2D eigenvalue weighted by molar-refractivity contribution is -0.395. The highest BCUT2D eigenvalue weighted by Gasteiger charge is 2.61. The summed E-state index contributed by atoms with van der Waals surface area (Å²) < 4.78 is 55.5. The topological polar surface area (TPSA) is 9.23 Å². The molecular formula is C3H2F4O. The van der Waals surface area contributed by atoms with Gasteiger partial charge in [0.05, 0.1) is 0 Å². The second-order valence-electron chi connectivity index (χ2n) is 1.33. The molecule has 1 saturated heterocycles. The fourth-order valence-corrected chi connectivity index (χ4v) is 0.275. The Morgan fingerprint density at radius 2 is 2.00 bits per heavy atom. The van der Waals surface area contributed by atoms with E-state index in [1.807, 2.05) is 0 Å². The molecule has 0 aromatic carbocycles. The molecule has 1 heterocycles. The minimum Gasteiger partial charge on any atom is -0.303 e. The fourth-order valence-electron chi connectivity index (χ4n) is 0.275. The number of alkyl halides is 4. The Morgan fingerprint density at radius 1 is 1.50 bits per heavy atom. The molecule has 0 aliphatic carbocycles. The minimum absolute atomic E-state index is 2.97. The van der Waals surface area contributed by atoms with Gasteiger partial charge >= 0.3 is 5.92 Å². The molecule has 8 heavy (non-hydrogen) atoms. The van der Waals surface area contributed by atoms with E-state index in [9.17, 15) is 17.6 Å². The first-order valence-corrected chi connectivity index (χ1v) is 1.76. The number of rotatable bonds is 0. The van der Waals surface area contributed by atoms with E-state index in [4.69, 9.17) is 1.37 Å². The van der Waals surface area contributed by atoms with Crippen LogP contribution in [0.25, 0.3) is 0 Å². The molecule has 0 aromatic heterocycles. The van der Waals surface area contributed by atoms with E-state index >= 15 is 0 Å². The van der Waals surface area contributed by atoms with Gasteiger partial charge in [-0.15, -0.1) is 0 Å². The van der Waals surface area contributed by atoms with Crippen LogP contribution in [0, 0.1) is 0 Å². The van der Waals surface area contributed by atoms with Crippen molar-refractivity contribution >= 4 is 0 Å². The molecule has 1 aliphatic rings. The van der Waals surface area contributed by atoms with Gasteiger partial charge in [-0.3, -0.25) is 0 Å². The van der Waals surface area contributed by atoms with Crippen molar-refractivity contribution in [3.05, 3.63) is 0 Å². The van der Waals surface area contributed by atoms with E-state index in [1.54, 1.807) is 0 Å². The molecule has 0 N–H and O–H groups in total. The maximum atomic E-state index is 11.7. The third kappa shape index (κ3) is 0.506. The van der Waals surface area contributed by atoms with Gasteiger partial charge in [0.15, 0.2) is 0 Å². The summed E-state index contributed by atoms with van der Waals surface area (Å²) in [5, 5.41) is 0. The Hall–Kier alpha value is -0.320. The van der Waals surface area contributed by atoms with Crippen molar-refractivity contribution in [1.29, 1.82) is 0 Å². The zero-order chi connectivity index (χ0) is 7.28. The predicted octanol–water partition coefficient (Wildman–Crippen LogP) is 1.24. The van der Waals surface area contributed by atoms with E-state index in [2.05, 4.69) is 4.74 Å². The lowest BCUT2D eigenvalue weighted by Crippen LogP contribution is -2.55. The Labute approximate surface area is 43.6 Å². The molecule has 0 radical (unpaired) electrons. The summed E-state index contributed by atoms with van der Waals surface area (Å²) in [5.74, 6) is -4.31. The van der Waals surface area contributed by atoms with Gasteiger partial charge in [0.25, 0.3) is 12.7 Å². The van der Waals surface area contributed by atoms with E-state index < -0.39 is 18.6 Å². The second-order valence-corrected chi connectivity index (χ2v) is 1.33. The zero-order valence-corrected chi connectivity index (χ0v) is 3.50. The van der Waals surface area contributed by atoms with Crippen molar-refractivity contribution < 1.29 is 23.7 Å². The van der Waals surface area contributed by atoms with Crippen molar-refractivity contribution in [2.45, 2.75) is 18.6 Å². The van der Waals surface area contributed by atoms with Crippen LogP contribution >= 0.6 is 0 Å². The molecule has 0 amide bonds. The monoisotopic (exact) mass is 131 g/mol. The predicted molar refractivity (Wildman–Crippen MR) is 15.8 cm³/mol. The average Bonchev–Trinajstić information content (AvgIpc) is 1.65. The number of ether oxygens (including phenoxy) is 1. The van der Waals surface area contributed by atoms with Crippen LogP contribution < -0.4 is 0 Å². The van der Waals surface area contributed by atoms with Crippen LogP contribution in [0.15, 0.2) is 0 Å². The Balaban J connectivity index is 2.70. The Bertz CT molecular complexity index is 136. The van der Waals surface area contributed by atoms with E-state index in [-0.39, 0.29) is 0 Å². The lowest BCUT2D eigenvalue weighted by Gasteiger charge is -2.33. The molecule has 0 bridgehead atoms. The van der Waals surface area contributed by atoms with Gasteiger partial charge in [-0.1, -0.05) is 0 Å². The van der Waals surface area contributed by atoms with Crippen LogP contribution in [-0.4, -0.2) is 18.6 Å². The van der Waals surface area contributed by atoms with Gasteiger partial charge in [-0.25, -0.2) is 8.78 Å². The molecule has 0 aromatic rings. The first-order valence-electron chi connectivity index (χ1n) is 2.26. The summed E-state index contributed by atoms with van der Waals surface area (Å²) in [6, 6.07) is 0. The van der Waals surface area contributed by atoms with Gasteiger partial charge in [0.1, 0.15) is 1.37 Å². The highest BCUT2D eigenvalue weighted by atomic mass is 19.3. The van der Waals surface area contributed by atoms with Crippen molar-refractivity contribution in [2.24, 2.45) is 0 Å². The average molecular weight is 131 g/mol. The first kappa shape index (κ1) is 4.55. The van der Waals surface area contributed by atoms with Crippen molar-refractivity contribution in [2.75, 3.05) is 0 Å². The van der Waals surface area contributed by atoms with Gasteiger partial charge in [0.2, 0.25) is 0 Å². The molecule has 1 aliphatic heterocycles. The molecule has 0 spiro atoms. The van der Waals surface area contributed by atoms with Crippen molar-refractivity contribution in [3.63, 3.8) is 0 Å². The van der Waals surface area contributed by atoms with Gasteiger partial charge in [-0.2, -0.15) is 8.78 Å². The van der Waals surface area contributed by atoms with Crippen molar-refractivity contribution in [1.82, 2.24) is 0 Å². The largest absolute Gasteiger partial charge is 0.357 e. The third-order valence-corrected chi connectivity index (χ3v) is 0.754. The highest BCUT2D eigenvalue weighted by Crippen LogP contribution is 2.39. The van der Waals surface area contributed by atoms with Crippen LogP contribution in [-0.2, 0) is 4.74 Å². The highest BCUT2D eigenvalue weighted by molar-refractivity contribution is 4.83. The SMILES string of the molecule is [2H]C1(F)OC(F)C1(F)F. The normalized spacial score (nSPS) is 54.5. The summed E-state index contributed by atoms with van der Waals surface area (Å²) in [6.45, 7) is 0. The summed E-state index contributed by atoms with van der Waals surface area (Å²) in [6.07, 6.45) is -6.84. The molecule has 0 saturated carbocycles. The maximum absolute atomic E-state index is 11.7. The summed E-state index contributed by atoms with van der Waals surface area (Å²) in [4.78, 5) is 0. The van der Waals surface area contributed by atoms with Crippen LogP contribution in [0.3, 0.4) is 0 Å². The fraction of sp³-hybridized carbons (Fsp3) is 1.00. The van der Waals surface area contributed by atoms with Gasteiger partial charge in [0, 0.05) is 0 Å². The van der Waals surface area contributed by atoms with Crippen LogP contribution in [0.5, 0.6) is 0 Å². The van der Waals surface area contributed by atoms with Gasteiger partial charge in [-0.05, 0) is 0 Å². The molecule has 48 valence electrons. The standard InChI is InChI=1S/C3H2F4O/c4-1-3(6,7)2(5)8-1/h1-2H/i1D. The quantitative estimate of drug-likeness (QED) is 0.449. The third-order valence-electron chi connectivity index (χ3n) is 0.754. The molecular weight excluding hydrogens is 128 g/mol. The van der Waals surface area contributed by atoms with E-state index in [0.29, 0.717) is 0 Å².